The Morgan fingerprint density at radius 2 is 0.600 bits per heavy atom. The van der Waals surface area contributed by atoms with E-state index in [9.17, 15) is 8.78 Å². The van der Waals surface area contributed by atoms with E-state index in [2.05, 4.69) is 206 Å². The highest BCUT2D eigenvalue weighted by molar-refractivity contribution is 6.28. The van der Waals surface area contributed by atoms with Gasteiger partial charge in [0.1, 0.15) is 11.6 Å². The monoisotopic (exact) mass is 904 g/mol. The maximum atomic E-state index is 14.8. The van der Waals surface area contributed by atoms with Gasteiger partial charge in [-0.15, -0.1) is 0 Å². The molecule has 0 spiro atoms. The molecule has 0 aliphatic rings. The zero-order valence-electron chi connectivity index (χ0n) is 38.7. The minimum atomic E-state index is -0.295. The summed E-state index contributed by atoms with van der Waals surface area (Å²) in [6, 6.07) is 83.0. The van der Waals surface area contributed by atoms with Gasteiger partial charge in [-0.3, -0.25) is 0 Å². The second-order valence-electron chi connectivity index (χ2n) is 18.2. The predicted octanol–water partition coefficient (Wildman–Crippen LogP) is 19.1. The zero-order chi connectivity index (χ0) is 47.3. The van der Waals surface area contributed by atoms with Gasteiger partial charge in [0.2, 0.25) is 0 Å². The first-order valence-corrected chi connectivity index (χ1v) is 23.7. The average Bonchev–Trinajstić information content (AvgIpc) is 3.40. The number of aryl methyl sites for hydroxylation is 2. The summed E-state index contributed by atoms with van der Waals surface area (Å²) >= 11 is 0. The fraction of sp³-hybridized carbons (Fsp3) is 0.0303. The molecule has 0 heterocycles. The summed E-state index contributed by atoms with van der Waals surface area (Å²) in [5.74, 6) is -0.591. The molecule has 0 aliphatic carbocycles. The van der Waals surface area contributed by atoms with E-state index in [1.807, 2.05) is 36.4 Å². The second kappa shape index (κ2) is 17.7. The molecule has 334 valence electrons. The standard InChI is InChI=1S/C66H46F2N2/c1-43-13-17-47(18-14-43)53-37-51(45-9-5-3-6-10-45)39-59(41-53)69(57-29-25-55(67)26-30-57)63-35-23-49-22-34-62-64(36-24-50-21-33-61(63)65(49)66(50)62)70(58-31-27-56(68)28-32-58)60-40-52(46-11-7-4-8-12-46)38-54(42-60)48-19-15-44(2)16-20-48/h3-42H,1-2H3. The smallest absolute Gasteiger partial charge is 0.123 e. The molecule has 0 atom stereocenters. The van der Waals surface area contributed by atoms with Gasteiger partial charge < -0.3 is 9.80 Å². The SMILES string of the molecule is Cc1ccc(-c2cc(-c3ccccc3)cc(N(c3ccc(F)cc3)c3ccc4ccc5c(N(c6ccc(F)cc6)c6cc(-c7ccccc7)cc(-c7ccc(C)cc7)c6)ccc6ccc3c4c65)c2)cc1. The van der Waals surface area contributed by atoms with E-state index in [4.69, 9.17) is 0 Å². The number of benzene rings is 12. The number of rotatable bonds is 10. The van der Waals surface area contributed by atoms with Crippen LogP contribution in [0.5, 0.6) is 0 Å². The number of halogens is 2. The number of hydrogen-bond donors (Lipinski definition) is 0. The predicted molar refractivity (Wildman–Crippen MR) is 291 cm³/mol. The van der Waals surface area contributed by atoms with Crippen LogP contribution in [0.2, 0.25) is 0 Å². The summed E-state index contributed by atoms with van der Waals surface area (Å²) in [7, 11) is 0. The van der Waals surface area contributed by atoms with Gasteiger partial charge in [-0.25, -0.2) is 8.78 Å². The third-order valence-electron chi connectivity index (χ3n) is 13.6. The Morgan fingerprint density at radius 1 is 0.271 bits per heavy atom. The Bertz CT molecular complexity index is 3580. The van der Waals surface area contributed by atoms with E-state index >= 15 is 0 Å². The van der Waals surface area contributed by atoms with E-state index < -0.39 is 0 Å². The van der Waals surface area contributed by atoms with Gasteiger partial charge in [0.25, 0.3) is 0 Å². The largest absolute Gasteiger partial charge is 0.310 e. The van der Waals surface area contributed by atoms with Gasteiger partial charge in [0, 0.05) is 33.5 Å². The fourth-order valence-electron chi connectivity index (χ4n) is 10.1. The molecule has 0 aliphatic heterocycles. The molecule has 4 heteroatoms. The fourth-order valence-corrected chi connectivity index (χ4v) is 10.1. The number of nitrogens with zero attached hydrogens (tertiary/aromatic N) is 2. The van der Waals surface area contributed by atoms with E-state index in [0.717, 1.165) is 111 Å². The van der Waals surface area contributed by atoms with Gasteiger partial charge >= 0.3 is 0 Å². The van der Waals surface area contributed by atoms with Gasteiger partial charge in [0.15, 0.2) is 0 Å². The molecule has 0 unspecified atom stereocenters. The van der Waals surface area contributed by atoms with E-state index in [1.165, 1.54) is 35.4 Å². The maximum Gasteiger partial charge on any atom is 0.123 e. The second-order valence-corrected chi connectivity index (χ2v) is 18.2. The Labute approximate surface area is 406 Å². The van der Waals surface area contributed by atoms with Crippen molar-refractivity contribution in [3.8, 4) is 44.5 Å². The molecule has 12 aromatic rings. The summed E-state index contributed by atoms with van der Waals surface area (Å²) in [5, 5.41) is 6.56. The quantitative estimate of drug-likeness (QED) is 0.126. The minimum Gasteiger partial charge on any atom is -0.310 e. The molecule has 0 fully saturated rings. The molecule has 2 nitrogen and oxygen atoms in total. The molecular weight excluding hydrogens is 859 g/mol. The number of anilines is 6. The van der Waals surface area contributed by atoms with Crippen LogP contribution in [0.1, 0.15) is 11.1 Å². The number of hydrogen-bond acceptors (Lipinski definition) is 2. The molecule has 70 heavy (non-hydrogen) atoms. The van der Waals surface area contributed by atoms with Crippen LogP contribution < -0.4 is 9.80 Å². The van der Waals surface area contributed by atoms with Crippen LogP contribution >= 0.6 is 0 Å². The molecule has 0 saturated heterocycles. The third kappa shape index (κ3) is 7.89. The van der Waals surface area contributed by atoms with Crippen LogP contribution in [0.25, 0.3) is 76.8 Å². The summed E-state index contributed by atoms with van der Waals surface area (Å²) in [4.78, 5) is 4.53. The Morgan fingerprint density at radius 3 is 0.957 bits per heavy atom. The molecule has 0 radical (unpaired) electrons. The highest BCUT2D eigenvalue weighted by atomic mass is 19.1. The Kier molecular flexibility index (Phi) is 10.7. The van der Waals surface area contributed by atoms with Crippen molar-refractivity contribution in [2.24, 2.45) is 0 Å². The topological polar surface area (TPSA) is 6.48 Å². The van der Waals surface area contributed by atoms with Crippen LogP contribution in [0.15, 0.2) is 243 Å². The van der Waals surface area contributed by atoms with Crippen LogP contribution in [0, 0.1) is 25.5 Å². The highest BCUT2D eigenvalue weighted by Gasteiger charge is 2.24. The lowest BCUT2D eigenvalue weighted by atomic mass is 9.91. The van der Waals surface area contributed by atoms with Crippen molar-refractivity contribution in [1.29, 1.82) is 0 Å². The first kappa shape index (κ1) is 42.5. The maximum absolute atomic E-state index is 14.8. The van der Waals surface area contributed by atoms with E-state index in [1.54, 1.807) is 0 Å². The van der Waals surface area contributed by atoms with Crippen molar-refractivity contribution in [3.05, 3.63) is 265 Å². The molecule has 0 amide bonds. The van der Waals surface area contributed by atoms with Crippen molar-refractivity contribution in [2.75, 3.05) is 9.80 Å². The first-order chi connectivity index (χ1) is 34.3. The van der Waals surface area contributed by atoms with Gasteiger partial charge in [-0.2, -0.15) is 0 Å². The summed E-state index contributed by atoms with van der Waals surface area (Å²) in [6.45, 7) is 4.21. The first-order valence-electron chi connectivity index (χ1n) is 23.7. The lowest BCUT2D eigenvalue weighted by molar-refractivity contribution is 0.627. The molecule has 12 aromatic carbocycles. The van der Waals surface area contributed by atoms with Gasteiger partial charge in [-0.05, 0) is 177 Å². The van der Waals surface area contributed by atoms with Crippen molar-refractivity contribution < 1.29 is 8.78 Å². The molecule has 0 saturated carbocycles. The van der Waals surface area contributed by atoms with Crippen LogP contribution in [0.3, 0.4) is 0 Å². The van der Waals surface area contributed by atoms with Gasteiger partial charge in [-0.1, -0.05) is 157 Å². The lowest BCUT2D eigenvalue weighted by Crippen LogP contribution is -2.12. The molecule has 0 N–H and O–H groups in total. The Balaban J connectivity index is 1.10. The third-order valence-corrected chi connectivity index (χ3v) is 13.6. The molecule has 0 bridgehead atoms. The Hall–Kier alpha value is -8.86. The zero-order valence-corrected chi connectivity index (χ0v) is 38.7. The van der Waals surface area contributed by atoms with Crippen LogP contribution in [-0.2, 0) is 0 Å². The van der Waals surface area contributed by atoms with Gasteiger partial charge in [0.05, 0.1) is 11.4 Å². The van der Waals surface area contributed by atoms with Crippen molar-refractivity contribution in [2.45, 2.75) is 13.8 Å². The van der Waals surface area contributed by atoms with Crippen LogP contribution in [0.4, 0.5) is 42.9 Å². The molecular formula is C66H46F2N2. The van der Waals surface area contributed by atoms with Crippen molar-refractivity contribution in [3.63, 3.8) is 0 Å². The summed E-state index contributed by atoms with van der Waals surface area (Å²) in [6.07, 6.45) is 0. The normalized spacial score (nSPS) is 11.4. The van der Waals surface area contributed by atoms with E-state index in [-0.39, 0.29) is 11.6 Å². The van der Waals surface area contributed by atoms with E-state index in [0.29, 0.717) is 0 Å². The lowest BCUT2D eigenvalue weighted by Gasteiger charge is -2.30. The van der Waals surface area contributed by atoms with Crippen molar-refractivity contribution >= 4 is 66.4 Å². The van der Waals surface area contributed by atoms with Crippen molar-refractivity contribution in [1.82, 2.24) is 0 Å². The molecule has 0 aromatic heterocycles. The average molecular weight is 905 g/mol. The summed E-state index contributed by atoms with van der Waals surface area (Å²) < 4.78 is 29.7. The van der Waals surface area contributed by atoms with Crippen LogP contribution in [-0.4, -0.2) is 0 Å². The summed E-state index contributed by atoms with van der Waals surface area (Å²) in [5.41, 5.74) is 16.6. The highest BCUT2D eigenvalue weighted by Crippen LogP contribution is 2.49. The molecule has 12 rings (SSSR count). The minimum absolute atomic E-state index is 0.295.